The van der Waals surface area contributed by atoms with E-state index in [1.54, 1.807) is 0 Å². The van der Waals surface area contributed by atoms with Crippen LogP contribution < -0.4 is 0 Å². The standard InChI is InChI=1S/C16H33BO2/c1-11(2)14-7-6-12(3)8-15(14)19-10-16(5,17)9-13(4)18/h11-15,18H,6-10,17H2,1-5H3. The molecule has 112 valence electrons. The number of rotatable bonds is 6. The van der Waals surface area contributed by atoms with Crippen LogP contribution in [0.4, 0.5) is 0 Å². The van der Waals surface area contributed by atoms with Gasteiger partial charge in [0.15, 0.2) is 0 Å². The van der Waals surface area contributed by atoms with Crippen LogP contribution >= 0.6 is 0 Å². The van der Waals surface area contributed by atoms with Crippen LogP contribution in [0.3, 0.4) is 0 Å². The number of hydrogen-bond donors (Lipinski definition) is 1. The zero-order valence-electron chi connectivity index (χ0n) is 13.8. The van der Waals surface area contributed by atoms with Crippen LogP contribution in [0.5, 0.6) is 0 Å². The van der Waals surface area contributed by atoms with Crippen molar-refractivity contribution >= 4 is 7.85 Å². The summed E-state index contributed by atoms with van der Waals surface area (Å²) in [4.78, 5) is 0. The van der Waals surface area contributed by atoms with Crippen molar-refractivity contribution in [2.75, 3.05) is 6.61 Å². The molecule has 0 aliphatic heterocycles. The van der Waals surface area contributed by atoms with E-state index in [4.69, 9.17) is 4.74 Å². The van der Waals surface area contributed by atoms with Crippen LogP contribution in [0.2, 0.25) is 5.31 Å². The van der Waals surface area contributed by atoms with Crippen LogP contribution in [0.15, 0.2) is 0 Å². The first-order valence-corrected chi connectivity index (χ1v) is 8.01. The summed E-state index contributed by atoms with van der Waals surface area (Å²) in [7, 11) is 2.19. The Morgan fingerprint density at radius 1 is 1.32 bits per heavy atom. The first-order valence-electron chi connectivity index (χ1n) is 8.01. The van der Waals surface area contributed by atoms with Gasteiger partial charge < -0.3 is 9.84 Å². The quantitative estimate of drug-likeness (QED) is 0.750. The van der Waals surface area contributed by atoms with Gasteiger partial charge >= 0.3 is 0 Å². The normalized spacial score (nSPS) is 33.1. The second-order valence-electron chi connectivity index (χ2n) is 7.89. The molecule has 2 nitrogen and oxygen atoms in total. The van der Waals surface area contributed by atoms with Gasteiger partial charge in [0.1, 0.15) is 7.85 Å². The smallest absolute Gasteiger partial charge is 0.112 e. The monoisotopic (exact) mass is 268 g/mol. The molecule has 0 bridgehead atoms. The van der Waals surface area contributed by atoms with Crippen molar-refractivity contribution < 1.29 is 9.84 Å². The average Bonchev–Trinajstić information content (AvgIpc) is 2.24. The largest absolute Gasteiger partial charge is 0.393 e. The molecule has 0 radical (unpaired) electrons. The summed E-state index contributed by atoms with van der Waals surface area (Å²) < 4.78 is 6.28. The molecular weight excluding hydrogens is 235 g/mol. The Morgan fingerprint density at radius 2 is 1.95 bits per heavy atom. The molecule has 0 aromatic heterocycles. The van der Waals surface area contributed by atoms with Crippen molar-refractivity contribution in [3.63, 3.8) is 0 Å². The SMILES string of the molecule is BC(C)(COC1CC(C)CCC1C(C)C)CC(C)O. The van der Waals surface area contributed by atoms with Crippen molar-refractivity contribution in [1.82, 2.24) is 0 Å². The van der Waals surface area contributed by atoms with E-state index in [2.05, 4.69) is 35.5 Å². The highest BCUT2D eigenvalue weighted by Crippen LogP contribution is 2.37. The van der Waals surface area contributed by atoms with Crippen molar-refractivity contribution in [3.05, 3.63) is 0 Å². The fraction of sp³-hybridized carbons (Fsp3) is 1.00. The predicted octanol–water partition coefficient (Wildman–Crippen LogP) is 3.05. The molecule has 1 saturated carbocycles. The summed E-state index contributed by atoms with van der Waals surface area (Å²) >= 11 is 0. The van der Waals surface area contributed by atoms with Crippen molar-refractivity contribution in [2.45, 2.75) is 77.8 Å². The average molecular weight is 268 g/mol. The minimum Gasteiger partial charge on any atom is -0.393 e. The van der Waals surface area contributed by atoms with Gasteiger partial charge in [-0.15, -0.1) is 0 Å². The van der Waals surface area contributed by atoms with Crippen molar-refractivity contribution in [1.29, 1.82) is 0 Å². The topological polar surface area (TPSA) is 29.5 Å². The van der Waals surface area contributed by atoms with Gasteiger partial charge in [-0.1, -0.05) is 34.1 Å². The summed E-state index contributed by atoms with van der Waals surface area (Å²) in [5.41, 5.74) is 0. The highest BCUT2D eigenvalue weighted by atomic mass is 16.5. The second kappa shape index (κ2) is 7.13. The third-order valence-electron chi connectivity index (χ3n) is 4.50. The van der Waals surface area contributed by atoms with E-state index in [0.717, 1.165) is 18.9 Å². The molecule has 5 unspecified atom stereocenters. The lowest BCUT2D eigenvalue weighted by Gasteiger charge is -2.39. The Bertz CT molecular complexity index is 263. The van der Waals surface area contributed by atoms with Gasteiger partial charge in [0.05, 0.1) is 12.2 Å². The van der Waals surface area contributed by atoms with Gasteiger partial charge in [0.25, 0.3) is 0 Å². The lowest BCUT2D eigenvalue weighted by molar-refractivity contribution is -0.0504. The Labute approximate surface area is 120 Å². The van der Waals surface area contributed by atoms with E-state index < -0.39 is 0 Å². The molecule has 0 aromatic carbocycles. The third-order valence-corrected chi connectivity index (χ3v) is 4.50. The Morgan fingerprint density at radius 3 is 2.47 bits per heavy atom. The number of aliphatic hydroxyl groups excluding tert-OH is 1. The van der Waals surface area contributed by atoms with Gasteiger partial charge in [0, 0.05) is 6.61 Å². The van der Waals surface area contributed by atoms with Gasteiger partial charge in [0.2, 0.25) is 0 Å². The fourth-order valence-corrected chi connectivity index (χ4v) is 3.50. The molecule has 1 fully saturated rings. The van der Waals surface area contributed by atoms with E-state index in [9.17, 15) is 5.11 Å². The third kappa shape index (κ3) is 5.87. The zero-order valence-corrected chi connectivity index (χ0v) is 13.8. The Kier molecular flexibility index (Phi) is 6.39. The maximum atomic E-state index is 9.55. The molecule has 1 rings (SSSR count). The number of hydrogen-bond acceptors (Lipinski definition) is 2. The molecule has 5 atom stereocenters. The summed E-state index contributed by atoms with van der Waals surface area (Å²) in [6, 6.07) is 0. The maximum absolute atomic E-state index is 9.55. The lowest BCUT2D eigenvalue weighted by atomic mass is 9.67. The van der Waals surface area contributed by atoms with Gasteiger partial charge in [-0.2, -0.15) is 0 Å². The minimum atomic E-state index is -0.246. The molecular formula is C16H33BO2. The summed E-state index contributed by atoms with van der Waals surface area (Å²) in [6.45, 7) is 11.8. The molecule has 3 heteroatoms. The fourth-order valence-electron chi connectivity index (χ4n) is 3.50. The van der Waals surface area contributed by atoms with Gasteiger partial charge in [-0.3, -0.25) is 0 Å². The van der Waals surface area contributed by atoms with Crippen molar-refractivity contribution in [3.8, 4) is 0 Å². The highest BCUT2D eigenvalue weighted by molar-refractivity contribution is 6.15. The first-order chi connectivity index (χ1) is 8.71. The van der Waals surface area contributed by atoms with Crippen LogP contribution in [-0.2, 0) is 4.74 Å². The van der Waals surface area contributed by atoms with Gasteiger partial charge in [-0.05, 0) is 49.3 Å². The molecule has 1 aliphatic rings. The molecule has 0 saturated heterocycles. The summed E-state index contributed by atoms with van der Waals surface area (Å²) in [5.74, 6) is 2.20. The number of aliphatic hydroxyl groups is 1. The van der Waals surface area contributed by atoms with E-state index >= 15 is 0 Å². The highest BCUT2D eigenvalue weighted by Gasteiger charge is 2.33. The Hall–Kier alpha value is -0.0151. The lowest BCUT2D eigenvalue weighted by Crippen LogP contribution is -2.36. The van der Waals surface area contributed by atoms with Crippen LogP contribution in [0.25, 0.3) is 0 Å². The van der Waals surface area contributed by atoms with E-state index in [1.165, 1.54) is 19.3 Å². The van der Waals surface area contributed by atoms with Crippen LogP contribution in [0, 0.1) is 17.8 Å². The number of ether oxygens (including phenoxy) is 1. The second-order valence-corrected chi connectivity index (χ2v) is 7.89. The first kappa shape index (κ1) is 17.0. The van der Waals surface area contributed by atoms with E-state index in [-0.39, 0.29) is 11.4 Å². The summed E-state index contributed by atoms with van der Waals surface area (Å²) in [5, 5.41) is 9.62. The molecule has 0 amide bonds. The molecule has 1 N–H and O–H groups in total. The summed E-state index contributed by atoms with van der Waals surface area (Å²) in [6.07, 6.45) is 4.83. The minimum absolute atomic E-state index is 0.0659. The van der Waals surface area contributed by atoms with Crippen LogP contribution in [0.1, 0.15) is 60.3 Å². The van der Waals surface area contributed by atoms with Crippen molar-refractivity contribution in [2.24, 2.45) is 17.8 Å². The maximum Gasteiger partial charge on any atom is 0.112 e. The van der Waals surface area contributed by atoms with E-state index in [0.29, 0.717) is 17.9 Å². The van der Waals surface area contributed by atoms with Crippen LogP contribution in [-0.4, -0.2) is 31.8 Å². The molecule has 0 heterocycles. The Balaban J connectivity index is 2.52. The van der Waals surface area contributed by atoms with E-state index in [1.807, 2.05) is 6.92 Å². The molecule has 0 aromatic rings. The predicted molar refractivity (Wildman–Crippen MR) is 84.3 cm³/mol. The molecule has 19 heavy (non-hydrogen) atoms. The van der Waals surface area contributed by atoms with Gasteiger partial charge in [-0.25, -0.2) is 0 Å². The zero-order chi connectivity index (χ0) is 14.6. The molecule has 0 spiro atoms. The molecule has 1 aliphatic carbocycles.